The minimum atomic E-state index is 0.364. The van der Waals surface area contributed by atoms with E-state index in [0.29, 0.717) is 23.7 Å². The smallest absolute Gasteiger partial charge is 0.160 e. The van der Waals surface area contributed by atoms with E-state index in [4.69, 9.17) is 5.21 Å². The van der Waals surface area contributed by atoms with Gasteiger partial charge in [-0.3, -0.25) is 0 Å². The van der Waals surface area contributed by atoms with Gasteiger partial charge in [-0.05, 0) is 30.6 Å². The summed E-state index contributed by atoms with van der Waals surface area (Å²) < 4.78 is 4.23. The lowest BCUT2D eigenvalue weighted by Crippen LogP contribution is -2.37. The first-order chi connectivity index (χ1) is 17.9. The molecular weight excluding hydrogens is 462 g/mol. The highest BCUT2D eigenvalue weighted by Crippen LogP contribution is 2.36. The Bertz CT molecular complexity index is 1370. The number of hydrogen-bond acceptors (Lipinski definition) is 1. The van der Waals surface area contributed by atoms with Gasteiger partial charge in [0, 0.05) is 11.1 Å². The van der Waals surface area contributed by atoms with E-state index in [1.807, 2.05) is 4.68 Å². The van der Waals surface area contributed by atoms with Gasteiger partial charge in [0.05, 0.1) is 22.8 Å². The number of para-hydroxylation sites is 2. The first-order valence-electron chi connectivity index (χ1n) is 14.2. The van der Waals surface area contributed by atoms with Gasteiger partial charge in [-0.2, -0.15) is 0 Å². The van der Waals surface area contributed by atoms with Gasteiger partial charge in [0.1, 0.15) is 0 Å². The lowest BCUT2D eigenvalue weighted by molar-refractivity contribution is -0.665. The van der Waals surface area contributed by atoms with Crippen LogP contribution in [0.5, 0.6) is 0 Å². The van der Waals surface area contributed by atoms with Crippen molar-refractivity contribution in [3.8, 4) is 22.6 Å². The Balaban J connectivity index is 2.18. The first-order valence-corrected chi connectivity index (χ1v) is 14.2. The van der Waals surface area contributed by atoms with Crippen LogP contribution >= 0.6 is 0 Å². The van der Waals surface area contributed by atoms with Gasteiger partial charge in [0.2, 0.25) is 0 Å². The van der Waals surface area contributed by atoms with Gasteiger partial charge in [-0.1, -0.05) is 151 Å². The predicted octanol–water partition coefficient (Wildman–Crippen LogP) is 9.04. The number of aryl methyl sites for hydroxylation is 3. The van der Waals surface area contributed by atoms with E-state index in [0.717, 1.165) is 11.4 Å². The van der Waals surface area contributed by atoms with E-state index in [9.17, 15) is 0 Å². The summed E-state index contributed by atoms with van der Waals surface area (Å²) in [6.07, 6.45) is 3.81. The van der Waals surface area contributed by atoms with Crippen LogP contribution in [-0.2, 0) is 0 Å². The highest BCUT2D eigenvalue weighted by molar-refractivity contribution is 5.70. The Hall–Kier alpha value is -3.20. The first kappa shape index (κ1) is 27.8. The van der Waals surface area contributed by atoms with Crippen LogP contribution < -0.4 is 4.68 Å². The summed E-state index contributed by atoms with van der Waals surface area (Å²) in [7, 11) is 0. The minimum absolute atomic E-state index is 0.364. The zero-order valence-electron chi connectivity index (χ0n) is 25.3. The van der Waals surface area contributed by atoms with Crippen molar-refractivity contribution in [3.63, 3.8) is 0 Å². The van der Waals surface area contributed by atoms with E-state index in [-0.39, 0.29) is 0 Å². The molecule has 0 saturated carbocycles. The third-order valence-corrected chi connectivity index (χ3v) is 7.62. The fourth-order valence-corrected chi connectivity index (χ4v) is 5.79. The van der Waals surface area contributed by atoms with Crippen LogP contribution in [0.3, 0.4) is 0 Å². The van der Waals surface area contributed by atoms with Crippen molar-refractivity contribution in [1.29, 1.82) is 0 Å². The second-order valence-electron chi connectivity index (χ2n) is 12.1. The summed E-state index contributed by atoms with van der Waals surface area (Å²) in [5.41, 5.74) is 13.6. The van der Waals surface area contributed by atoms with Crippen LogP contribution in [0.4, 0.5) is 0 Å². The van der Waals surface area contributed by atoms with E-state index < -0.39 is 0 Å². The normalized spacial score (nSPS) is 12.0. The molecule has 0 aliphatic carbocycles. The van der Waals surface area contributed by atoms with Crippen LogP contribution in [-0.4, -0.2) is 9.90 Å². The molecule has 1 heterocycles. The fraction of sp³-hybridized carbons (Fsp3) is 0.429. The molecule has 3 nitrogen and oxygen atoms in total. The molecular formula is C35H45N3. The maximum absolute atomic E-state index is 5.38. The second-order valence-corrected chi connectivity index (χ2v) is 12.1. The van der Waals surface area contributed by atoms with E-state index in [2.05, 4.69) is 136 Å². The molecule has 0 N–H and O–H groups in total. The van der Waals surface area contributed by atoms with E-state index in [1.165, 1.54) is 50.2 Å². The molecule has 3 aromatic carbocycles. The molecule has 1 aromatic heterocycles. The second kappa shape index (κ2) is 10.9. The van der Waals surface area contributed by atoms with E-state index >= 15 is 0 Å². The van der Waals surface area contributed by atoms with Gasteiger partial charge in [0.25, 0.3) is 0 Å². The number of benzene rings is 3. The molecule has 0 radical (unpaired) electrons. The van der Waals surface area contributed by atoms with Crippen molar-refractivity contribution >= 4 is 0 Å². The molecule has 0 aliphatic heterocycles. The van der Waals surface area contributed by atoms with Crippen LogP contribution in [0.1, 0.15) is 118 Å². The minimum Gasteiger partial charge on any atom is -0.206 e. The molecule has 0 bridgehead atoms. The van der Waals surface area contributed by atoms with Gasteiger partial charge >= 0.3 is 0 Å². The lowest BCUT2D eigenvalue weighted by atomic mass is 9.92. The highest BCUT2D eigenvalue weighted by Gasteiger charge is 2.27. The molecule has 4 aromatic rings. The van der Waals surface area contributed by atoms with Crippen LogP contribution in [0.25, 0.3) is 22.6 Å². The third kappa shape index (κ3) is 5.08. The number of aromatic nitrogens is 3. The van der Waals surface area contributed by atoms with Crippen molar-refractivity contribution in [2.24, 2.45) is 0 Å². The van der Waals surface area contributed by atoms with Gasteiger partial charge < -0.3 is 0 Å². The number of rotatable bonds is 7. The van der Waals surface area contributed by atoms with Crippen molar-refractivity contribution < 1.29 is 4.68 Å². The molecule has 0 saturated heterocycles. The van der Waals surface area contributed by atoms with Gasteiger partial charge in [0.15, 0.2) is 5.69 Å². The Kier molecular flexibility index (Phi) is 7.97. The Morgan fingerprint density at radius 3 is 1.50 bits per heavy atom. The summed E-state index contributed by atoms with van der Waals surface area (Å²) >= 11 is 0. The fourth-order valence-electron chi connectivity index (χ4n) is 5.79. The topological polar surface area (TPSA) is 21.7 Å². The summed E-state index contributed by atoms with van der Waals surface area (Å²) in [5, 5.41) is 5.38. The zero-order chi connectivity index (χ0) is 27.9. The Morgan fingerprint density at radius 1 is 0.658 bits per heavy atom. The molecule has 0 amide bonds. The van der Waals surface area contributed by atoms with Crippen LogP contribution in [0.2, 0.25) is 0 Å². The summed E-state index contributed by atoms with van der Waals surface area (Å²) in [4.78, 5) is 0. The molecule has 3 heteroatoms. The molecule has 200 valence electrons. The molecule has 4 rings (SSSR count). The number of nitrogens with zero attached hydrogens (tertiary/aromatic N) is 3. The highest BCUT2D eigenvalue weighted by atomic mass is 15.5. The molecule has 0 unspecified atom stereocenters. The molecule has 0 aliphatic rings. The van der Waals surface area contributed by atoms with Crippen LogP contribution in [0.15, 0.2) is 48.5 Å². The third-order valence-electron chi connectivity index (χ3n) is 7.62. The van der Waals surface area contributed by atoms with Crippen molar-refractivity contribution in [2.75, 3.05) is 0 Å². The maximum Gasteiger partial charge on any atom is 0.160 e. The SMILES string of the molecule is Cc1cc(C)c(-c2[c-][n+](-c3c(C(C)C)cccc3C(C)C)nn2-c2c(C(C)C)cccc2C(C)C)c(C)c1. The molecule has 0 atom stereocenters. The standard InChI is InChI=1S/C35H45N3/c1-21(2)28-14-12-15-29(22(3)4)34(28)37-20-32(33-26(10)18-25(9)19-27(33)11)38(36-37)35-30(23(5)6)16-13-17-31(35)24(7)8/h12-19,21-24H,1-11H3. The number of hydrogen-bond donors (Lipinski definition) is 0. The van der Waals surface area contributed by atoms with E-state index in [1.54, 1.807) is 0 Å². The monoisotopic (exact) mass is 507 g/mol. The molecule has 0 fully saturated rings. The van der Waals surface area contributed by atoms with Crippen molar-refractivity contribution in [2.45, 2.75) is 99.8 Å². The van der Waals surface area contributed by atoms with Crippen molar-refractivity contribution in [1.82, 2.24) is 9.90 Å². The average Bonchev–Trinajstić information content (AvgIpc) is 3.26. The molecule has 0 spiro atoms. The largest absolute Gasteiger partial charge is 0.206 e. The van der Waals surface area contributed by atoms with Gasteiger partial charge in [-0.25, -0.2) is 4.68 Å². The Labute approximate surface area is 230 Å². The van der Waals surface area contributed by atoms with Crippen molar-refractivity contribution in [3.05, 3.63) is 93.7 Å². The summed E-state index contributed by atoms with van der Waals surface area (Å²) in [6.45, 7) is 24.8. The zero-order valence-corrected chi connectivity index (χ0v) is 25.3. The lowest BCUT2D eigenvalue weighted by Gasteiger charge is -2.20. The quantitative estimate of drug-likeness (QED) is 0.181. The van der Waals surface area contributed by atoms with Gasteiger partial charge in [-0.15, -0.1) is 4.68 Å². The molecule has 38 heavy (non-hydrogen) atoms. The average molecular weight is 508 g/mol. The predicted molar refractivity (Wildman–Crippen MR) is 160 cm³/mol. The van der Waals surface area contributed by atoms with Crippen LogP contribution in [0, 0.1) is 27.0 Å². The Morgan fingerprint density at radius 2 is 1.08 bits per heavy atom. The maximum atomic E-state index is 5.38. The summed E-state index contributed by atoms with van der Waals surface area (Å²) in [6, 6.07) is 17.9. The summed E-state index contributed by atoms with van der Waals surface area (Å²) in [5.74, 6) is 1.47.